The van der Waals surface area contributed by atoms with Crippen molar-refractivity contribution in [1.82, 2.24) is 4.98 Å². The molecule has 0 saturated carbocycles. The number of rotatable bonds is 5. The van der Waals surface area contributed by atoms with Gasteiger partial charge in [0.2, 0.25) is 5.88 Å². The Morgan fingerprint density at radius 1 is 1.29 bits per heavy atom. The first-order chi connectivity index (χ1) is 10.0. The number of aryl methyl sites for hydroxylation is 1. The van der Waals surface area contributed by atoms with E-state index in [2.05, 4.69) is 10.3 Å². The average molecular weight is 289 g/mol. The lowest BCUT2D eigenvalue weighted by Gasteiger charge is -2.20. The number of methoxy groups -OCH3 is 1. The maximum absolute atomic E-state index is 13.8. The highest BCUT2D eigenvalue weighted by molar-refractivity contribution is 5.74. The second kappa shape index (κ2) is 6.43. The van der Waals surface area contributed by atoms with Gasteiger partial charge in [-0.05, 0) is 19.1 Å². The van der Waals surface area contributed by atoms with Crippen LogP contribution < -0.4 is 15.0 Å². The van der Waals surface area contributed by atoms with Crippen LogP contribution in [0.3, 0.4) is 0 Å². The predicted molar refractivity (Wildman–Crippen MR) is 83.6 cm³/mol. The number of halogens is 1. The number of pyridine rings is 1. The summed E-state index contributed by atoms with van der Waals surface area (Å²) in [6.45, 7) is 2.31. The fourth-order valence-corrected chi connectivity index (χ4v) is 2.15. The van der Waals surface area contributed by atoms with Gasteiger partial charge in [-0.25, -0.2) is 9.37 Å². The van der Waals surface area contributed by atoms with Crippen molar-refractivity contribution in [3.63, 3.8) is 0 Å². The minimum absolute atomic E-state index is 0.220. The topological polar surface area (TPSA) is 37.4 Å². The molecule has 5 heteroatoms. The van der Waals surface area contributed by atoms with Crippen molar-refractivity contribution in [2.45, 2.75) is 13.5 Å². The molecule has 0 aliphatic rings. The lowest BCUT2D eigenvalue weighted by Crippen LogP contribution is -2.14. The van der Waals surface area contributed by atoms with Gasteiger partial charge in [0, 0.05) is 32.4 Å². The molecule has 2 rings (SSSR count). The van der Waals surface area contributed by atoms with Crippen LogP contribution in [0.15, 0.2) is 30.5 Å². The molecule has 0 amide bonds. The number of anilines is 2. The molecule has 0 bridgehead atoms. The smallest absolute Gasteiger partial charge is 0.239 e. The van der Waals surface area contributed by atoms with Gasteiger partial charge >= 0.3 is 0 Å². The summed E-state index contributed by atoms with van der Waals surface area (Å²) in [5, 5.41) is 3.23. The van der Waals surface area contributed by atoms with Crippen LogP contribution in [0.2, 0.25) is 0 Å². The Balaban J connectivity index is 2.29. The van der Waals surface area contributed by atoms with E-state index in [1.54, 1.807) is 19.4 Å². The lowest BCUT2D eigenvalue weighted by atomic mass is 10.1. The van der Waals surface area contributed by atoms with Crippen LogP contribution in [0.25, 0.3) is 0 Å². The first kappa shape index (κ1) is 15.1. The molecule has 1 aromatic carbocycles. The molecule has 0 aliphatic carbocycles. The number of ether oxygens (including phenoxy) is 1. The Labute approximate surface area is 124 Å². The molecule has 112 valence electrons. The maximum atomic E-state index is 13.8. The number of nitrogens with one attached hydrogen (secondary N) is 1. The van der Waals surface area contributed by atoms with Gasteiger partial charge in [0.25, 0.3) is 0 Å². The van der Waals surface area contributed by atoms with Crippen molar-refractivity contribution in [2.24, 2.45) is 0 Å². The van der Waals surface area contributed by atoms with Gasteiger partial charge in [-0.1, -0.05) is 17.7 Å². The summed E-state index contributed by atoms with van der Waals surface area (Å²) in [6.07, 6.45) is 1.69. The standard InChI is InChI=1S/C16H20FN3O/c1-11-5-6-13(17)12(9-11)10-19-15-14(20(2)3)7-8-18-16(15)21-4/h5-9,19H,10H2,1-4H3. The Bertz CT molecular complexity index is 629. The van der Waals surface area contributed by atoms with Gasteiger partial charge in [0.1, 0.15) is 11.5 Å². The molecule has 0 unspecified atom stereocenters. The van der Waals surface area contributed by atoms with Gasteiger partial charge in [0.05, 0.1) is 12.8 Å². The van der Waals surface area contributed by atoms with E-state index in [0.29, 0.717) is 18.0 Å². The number of nitrogens with zero attached hydrogens (tertiary/aromatic N) is 2. The zero-order chi connectivity index (χ0) is 15.4. The van der Waals surface area contributed by atoms with Crippen molar-refractivity contribution in [3.05, 3.63) is 47.4 Å². The van der Waals surface area contributed by atoms with Crippen molar-refractivity contribution in [1.29, 1.82) is 0 Å². The number of benzene rings is 1. The predicted octanol–water partition coefficient (Wildman–Crippen LogP) is 3.22. The monoisotopic (exact) mass is 289 g/mol. The minimum atomic E-state index is -0.220. The third kappa shape index (κ3) is 3.42. The second-order valence-corrected chi connectivity index (χ2v) is 5.06. The molecule has 2 aromatic rings. The molecule has 1 N–H and O–H groups in total. The fraction of sp³-hybridized carbons (Fsp3) is 0.312. The Morgan fingerprint density at radius 3 is 2.71 bits per heavy atom. The highest BCUT2D eigenvalue weighted by atomic mass is 19.1. The molecule has 1 aromatic heterocycles. The highest BCUT2D eigenvalue weighted by Crippen LogP contribution is 2.32. The molecular weight excluding hydrogens is 269 g/mol. The first-order valence-electron chi connectivity index (χ1n) is 6.72. The zero-order valence-corrected chi connectivity index (χ0v) is 12.8. The van der Waals surface area contributed by atoms with E-state index in [9.17, 15) is 4.39 Å². The summed E-state index contributed by atoms with van der Waals surface area (Å²) >= 11 is 0. The zero-order valence-electron chi connectivity index (χ0n) is 12.8. The molecule has 0 atom stereocenters. The van der Waals surface area contributed by atoms with Crippen LogP contribution in [0.5, 0.6) is 5.88 Å². The summed E-state index contributed by atoms with van der Waals surface area (Å²) in [5.74, 6) is 0.275. The summed E-state index contributed by atoms with van der Waals surface area (Å²) < 4.78 is 19.1. The van der Waals surface area contributed by atoms with Gasteiger partial charge in [0.15, 0.2) is 0 Å². The van der Waals surface area contributed by atoms with Gasteiger partial charge in [-0.3, -0.25) is 0 Å². The van der Waals surface area contributed by atoms with Crippen LogP contribution in [-0.4, -0.2) is 26.2 Å². The largest absolute Gasteiger partial charge is 0.479 e. The van der Waals surface area contributed by atoms with E-state index in [0.717, 1.165) is 16.9 Å². The summed E-state index contributed by atoms with van der Waals surface area (Å²) in [7, 11) is 5.45. The van der Waals surface area contributed by atoms with Crippen molar-refractivity contribution < 1.29 is 9.13 Å². The quantitative estimate of drug-likeness (QED) is 0.917. The van der Waals surface area contributed by atoms with Crippen LogP contribution in [0, 0.1) is 12.7 Å². The summed E-state index contributed by atoms with van der Waals surface area (Å²) in [5.41, 5.74) is 3.34. The molecule has 0 radical (unpaired) electrons. The second-order valence-electron chi connectivity index (χ2n) is 5.06. The number of aromatic nitrogens is 1. The SMILES string of the molecule is COc1nccc(N(C)C)c1NCc1cc(C)ccc1F. The Hall–Kier alpha value is -2.30. The average Bonchev–Trinajstić information content (AvgIpc) is 2.47. The van der Waals surface area contributed by atoms with Crippen LogP contribution in [-0.2, 0) is 6.54 Å². The van der Waals surface area contributed by atoms with Gasteiger partial charge in [-0.15, -0.1) is 0 Å². The van der Waals surface area contributed by atoms with E-state index in [1.165, 1.54) is 6.07 Å². The fourth-order valence-electron chi connectivity index (χ4n) is 2.15. The third-order valence-corrected chi connectivity index (χ3v) is 3.23. The van der Waals surface area contributed by atoms with Gasteiger partial charge in [-0.2, -0.15) is 0 Å². The minimum Gasteiger partial charge on any atom is -0.479 e. The van der Waals surface area contributed by atoms with Crippen molar-refractivity contribution in [2.75, 3.05) is 31.4 Å². The number of hydrogen-bond acceptors (Lipinski definition) is 4. The highest BCUT2D eigenvalue weighted by Gasteiger charge is 2.12. The Morgan fingerprint density at radius 2 is 2.05 bits per heavy atom. The normalized spacial score (nSPS) is 10.3. The summed E-state index contributed by atoms with van der Waals surface area (Å²) in [6, 6.07) is 6.96. The van der Waals surface area contributed by atoms with E-state index in [4.69, 9.17) is 4.74 Å². The molecule has 4 nitrogen and oxygen atoms in total. The number of hydrogen-bond donors (Lipinski definition) is 1. The maximum Gasteiger partial charge on any atom is 0.239 e. The van der Waals surface area contributed by atoms with E-state index < -0.39 is 0 Å². The van der Waals surface area contributed by atoms with E-state index in [-0.39, 0.29) is 5.82 Å². The molecular formula is C16H20FN3O. The van der Waals surface area contributed by atoms with Crippen molar-refractivity contribution >= 4 is 11.4 Å². The van der Waals surface area contributed by atoms with Crippen LogP contribution >= 0.6 is 0 Å². The Kier molecular flexibility index (Phi) is 4.62. The first-order valence-corrected chi connectivity index (χ1v) is 6.72. The van der Waals surface area contributed by atoms with Crippen molar-refractivity contribution in [3.8, 4) is 5.88 Å². The third-order valence-electron chi connectivity index (χ3n) is 3.23. The molecule has 0 aliphatic heterocycles. The van der Waals surface area contributed by atoms with Gasteiger partial charge < -0.3 is 15.0 Å². The van der Waals surface area contributed by atoms with E-state index in [1.807, 2.05) is 38.1 Å². The molecule has 21 heavy (non-hydrogen) atoms. The molecule has 0 fully saturated rings. The van der Waals surface area contributed by atoms with Crippen LogP contribution in [0.4, 0.5) is 15.8 Å². The molecule has 1 heterocycles. The molecule has 0 spiro atoms. The molecule has 0 saturated heterocycles. The van der Waals surface area contributed by atoms with Crippen LogP contribution in [0.1, 0.15) is 11.1 Å². The lowest BCUT2D eigenvalue weighted by molar-refractivity contribution is 0.399. The van der Waals surface area contributed by atoms with E-state index >= 15 is 0 Å². The summed E-state index contributed by atoms with van der Waals surface area (Å²) in [4.78, 5) is 6.14.